The number of hydrogen-bond acceptors (Lipinski definition) is 4. The van der Waals surface area contributed by atoms with Gasteiger partial charge in [0.25, 0.3) is 0 Å². The van der Waals surface area contributed by atoms with Crippen molar-refractivity contribution in [2.24, 2.45) is 0 Å². The first kappa shape index (κ1) is 12.9. The van der Waals surface area contributed by atoms with Crippen molar-refractivity contribution in [3.63, 3.8) is 0 Å². The predicted octanol–water partition coefficient (Wildman–Crippen LogP) is 0.908. The molecular weight excluding hydrogens is 186 g/mol. The average Bonchev–Trinajstić information content (AvgIpc) is 2.16. The van der Waals surface area contributed by atoms with Crippen molar-refractivity contribution in [2.45, 2.75) is 13.2 Å². The average molecular weight is 203 g/mol. The Morgan fingerprint density at radius 1 is 1.43 bits per heavy atom. The lowest BCUT2D eigenvalue weighted by Gasteiger charge is -2.13. The molecular formula is C9H17NO4. The van der Waals surface area contributed by atoms with Gasteiger partial charge in [-0.15, -0.1) is 0 Å². The number of ether oxygens (including phenoxy) is 3. The van der Waals surface area contributed by atoms with E-state index in [4.69, 9.17) is 14.2 Å². The summed E-state index contributed by atoms with van der Waals surface area (Å²) in [6, 6.07) is 0. The molecule has 0 fully saturated rings. The Morgan fingerprint density at radius 2 is 2.00 bits per heavy atom. The minimum atomic E-state index is -0.523. The molecule has 1 amide bonds. The van der Waals surface area contributed by atoms with Crippen LogP contribution in [-0.4, -0.2) is 39.8 Å². The number of rotatable bonds is 6. The van der Waals surface area contributed by atoms with Gasteiger partial charge in [-0.25, -0.2) is 4.79 Å². The lowest BCUT2D eigenvalue weighted by atomic mass is 10.4. The third kappa shape index (κ3) is 6.45. The van der Waals surface area contributed by atoms with Crippen molar-refractivity contribution in [3.8, 4) is 0 Å². The summed E-state index contributed by atoms with van der Waals surface area (Å²) in [6.07, 6.45) is -1.03. The molecule has 0 aromatic rings. The Bertz CT molecular complexity index is 189. The van der Waals surface area contributed by atoms with Crippen molar-refractivity contribution in [2.75, 3.05) is 27.4 Å². The fourth-order valence-corrected chi connectivity index (χ4v) is 0.650. The molecule has 0 aromatic carbocycles. The summed E-state index contributed by atoms with van der Waals surface area (Å²) >= 11 is 0. The Morgan fingerprint density at radius 3 is 2.43 bits per heavy atom. The van der Waals surface area contributed by atoms with E-state index in [1.807, 2.05) is 6.92 Å². The maximum atomic E-state index is 11.0. The van der Waals surface area contributed by atoms with E-state index >= 15 is 0 Å². The first-order valence-electron chi connectivity index (χ1n) is 4.20. The molecule has 0 spiro atoms. The van der Waals surface area contributed by atoms with Crippen LogP contribution in [0.1, 0.15) is 6.92 Å². The molecule has 14 heavy (non-hydrogen) atoms. The minimum absolute atomic E-state index is 0.0645. The third-order valence-electron chi connectivity index (χ3n) is 1.41. The topological polar surface area (TPSA) is 56.8 Å². The summed E-state index contributed by atoms with van der Waals surface area (Å²) < 4.78 is 14.5. The molecule has 0 unspecified atom stereocenters. The van der Waals surface area contributed by atoms with Crippen molar-refractivity contribution >= 4 is 6.09 Å². The Balaban J connectivity index is 3.57. The minimum Gasteiger partial charge on any atom is -0.444 e. The van der Waals surface area contributed by atoms with Gasteiger partial charge in [0.05, 0.1) is 0 Å². The first-order chi connectivity index (χ1) is 6.60. The van der Waals surface area contributed by atoms with E-state index < -0.39 is 12.4 Å². The van der Waals surface area contributed by atoms with E-state index in [9.17, 15) is 4.79 Å². The highest BCUT2D eigenvalue weighted by atomic mass is 16.7. The third-order valence-corrected chi connectivity index (χ3v) is 1.41. The lowest BCUT2D eigenvalue weighted by Crippen LogP contribution is -2.30. The molecule has 0 saturated carbocycles. The molecule has 0 radical (unpaired) electrons. The zero-order valence-corrected chi connectivity index (χ0v) is 8.83. The summed E-state index contributed by atoms with van der Waals surface area (Å²) in [7, 11) is 2.95. The maximum absolute atomic E-state index is 11.0. The van der Waals surface area contributed by atoms with Crippen LogP contribution >= 0.6 is 0 Å². The molecule has 0 atom stereocenters. The molecule has 0 aromatic heterocycles. The highest BCUT2D eigenvalue weighted by Crippen LogP contribution is 1.92. The summed E-state index contributed by atoms with van der Waals surface area (Å²) in [6.45, 7) is 5.92. The molecule has 0 bridgehead atoms. The van der Waals surface area contributed by atoms with Crippen molar-refractivity contribution in [3.05, 3.63) is 12.2 Å². The first-order valence-corrected chi connectivity index (χ1v) is 4.20. The van der Waals surface area contributed by atoms with Crippen LogP contribution in [0.15, 0.2) is 12.2 Å². The van der Waals surface area contributed by atoms with Gasteiger partial charge in [0.15, 0.2) is 6.29 Å². The second kappa shape index (κ2) is 7.34. The van der Waals surface area contributed by atoms with Crippen LogP contribution in [0.3, 0.4) is 0 Å². The smallest absolute Gasteiger partial charge is 0.407 e. The molecule has 5 nitrogen and oxygen atoms in total. The van der Waals surface area contributed by atoms with E-state index in [1.165, 1.54) is 14.2 Å². The van der Waals surface area contributed by atoms with Crippen molar-refractivity contribution in [1.82, 2.24) is 5.32 Å². The molecule has 82 valence electrons. The summed E-state index contributed by atoms with van der Waals surface area (Å²) in [5.74, 6) is 0. The molecule has 5 heteroatoms. The van der Waals surface area contributed by atoms with Gasteiger partial charge in [0.1, 0.15) is 6.61 Å². The zero-order chi connectivity index (χ0) is 11.0. The molecule has 0 heterocycles. The highest BCUT2D eigenvalue weighted by Gasteiger charge is 2.08. The van der Waals surface area contributed by atoms with Crippen LogP contribution in [-0.2, 0) is 14.2 Å². The molecule has 0 aliphatic rings. The molecule has 0 saturated heterocycles. The molecule has 0 rings (SSSR count). The Hall–Kier alpha value is -1.07. The fraction of sp³-hybridized carbons (Fsp3) is 0.667. The lowest BCUT2D eigenvalue weighted by molar-refractivity contribution is -0.127. The Kier molecular flexibility index (Phi) is 6.78. The van der Waals surface area contributed by atoms with Gasteiger partial charge >= 0.3 is 6.09 Å². The fourth-order valence-electron chi connectivity index (χ4n) is 0.650. The summed E-state index contributed by atoms with van der Waals surface area (Å²) in [5.41, 5.74) is 0.858. The van der Waals surface area contributed by atoms with Crippen LogP contribution in [0, 0.1) is 0 Å². The normalized spacial score (nSPS) is 10.0. The monoisotopic (exact) mass is 203 g/mol. The number of carbonyl (C=O) groups is 1. The van der Waals surface area contributed by atoms with Crippen molar-refractivity contribution < 1.29 is 19.0 Å². The quantitative estimate of drug-likeness (QED) is 0.515. The number of alkyl carbamates (subject to hydrolysis) is 1. The maximum Gasteiger partial charge on any atom is 0.407 e. The van der Waals surface area contributed by atoms with Gasteiger partial charge in [-0.1, -0.05) is 12.2 Å². The van der Waals surface area contributed by atoms with E-state index in [-0.39, 0.29) is 6.61 Å². The van der Waals surface area contributed by atoms with E-state index in [1.54, 1.807) is 0 Å². The van der Waals surface area contributed by atoms with Gasteiger partial charge in [-0.2, -0.15) is 0 Å². The van der Waals surface area contributed by atoms with Gasteiger partial charge in [-0.05, 0) is 6.92 Å². The van der Waals surface area contributed by atoms with E-state index in [0.717, 1.165) is 5.57 Å². The standard InChI is InChI=1S/C9H17NO4/c1-7(2)5-10-9(11)14-6-8(12-3)13-4/h8H,1,5-6H2,2-4H3,(H,10,11). The van der Waals surface area contributed by atoms with Crippen LogP contribution in [0.2, 0.25) is 0 Å². The van der Waals surface area contributed by atoms with Gasteiger partial charge in [0, 0.05) is 20.8 Å². The molecule has 0 aliphatic heterocycles. The van der Waals surface area contributed by atoms with Crippen LogP contribution in [0.25, 0.3) is 0 Å². The van der Waals surface area contributed by atoms with Crippen molar-refractivity contribution in [1.29, 1.82) is 0 Å². The van der Waals surface area contributed by atoms with Gasteiger partial charge in [0.2, 0.25) is 0 Å². The van der Waals surface area contributed by atoms with Crippen LogP contribution < -0.4 is 5.32 Å². The number of nitrogens with one attached hydrogen (secondary N) is 1. The van der Waals surface area contributed by atoms with E-state index in [0.29, 0.717) is 6.54 Å². The molecule has 1 N–H and O–H groups in total. The number of amides is 1. The number of carbonyl (C=O) groups excluding carboxylic acids is 1. The van der Waals surface area contributed by atoms with Crippen LogP contribution in [0.5, 0.6) is 0 Å². The Labute approximate surface area is 84.0 Å². The van der Waals surface area contributed by atoms with E-state index in [2.05, 4.69) is 11.9 Å². The number of methoxy groups -OCH3 is 2. The number of hydrogen-bond donors (Lipinski definition) is 1. The SMILES string of the molecule is C=C(C)CNC(=O)OCC(OC)OC. The zero-order valence-electron chi connectivity index (χ0n) is 8.83. The molecule has 0 aliphatic carbocycles. The van der Waals surface area contributed by atoms with Crippen LogP contribution in [0.4, 0.5) is 4.79 Å². The summed E-state index contributed by atoms with van der Waals surface area (Å²) in [5, 5.41) is 2.51. The second-order valence-electron chi connectivity index (χ2n) is 2.81. The summed E-state index contributed by atoms with van der Waals surface area (Å²) in [4.78, 5) is 11.0. The largest absolute Gasteiger partial charge is 0.444 e. The predicted molar refractivity (Wildman–Crippen MR) is 52.0 cm³/mol. The second-order valence-corrected chi connectivity index (χ2v) is 2.81. The highest BCUT2D eigenvalue weighted by molar-refractivity contribution is 5.67. The van der Waals surface area contributed by atoms with Gasteiger partial charge in [-0.3, -0.25) is 0 Å². The van der Waals surface area contributed by atoms with Gasteiger partial charge < -0.3 is 19.5 Å².